The smallest absolute Gasteiger partial charge is 0.362 e. The molecule has 5 nitrogen and oxygen atoms in total. The lowest BCUT2D eigenvalue weighted by atomic mass is 11.1. The van der Waals surface area contributed by atoms with Gasteiger partial charge in [0.15, 0.2) is 8.32 Å². The van der Waals surface area contributed by atoms with E-state index >= 15 is 0 Å². The second kappa shape index (κ2) is 8.76. The molecule has 0 atom stereocenters. The topological polar surface area (TPSA) is 46.2 Å². The molecular weight excluding hydrogens is 304 g/mol. The van der Waals surface area contributed by atoms with Crippen molar-refractivity contribution >= 4 is 16.6 Å². The van der Waals surface area contributed by atoms with Crippen LogP contribution in [0.15, 0.2) is 51.4 Å². The number of hydrogen-bond donors (Lipinski definition) is 0. The van der Waals surface area contributed by atoms with E-state index in [1.54, 1.807) is 0 Å². The molecule has 0 radical (unpaired) electrons. The van der Waals surface area contributed by atoms with Gasteiger partial charge in [0.05, 0.1) is 25.0 Å². The first-order valence-corrected chi connectivity index (χ1v) is 12.5. The van der Waals surface area contributed by atoms with Crippen molar-refractivity contribution in [2.45, 2.75) is 38.0 Å². The van der Waals surface area contributed by atoms with Gasteiger partial charge in [0.1, 0.15) is 0 Å². The molecule has 0 heterocycles. The van der Waals surface area contributed by atoms with Crippen molar-refractivity contribution in [1.29, 1.82) is 0 Å². The predicted molar refractivity (Wildman–Crippen MR) is 88.8 cm³/mol. The molecule has 0 spiro atoms. The Morgan fingerprint density at radius 2 is 0.952 bits per heavy atom. The Bertz CT molecular complexity index is 321. The molecule has 0 aliphatic heterocycles. The lowest BCUT2D eigenvalue weighted by molar-refractivity contribution is -0.0610. The minimum atomic E-state index is -2.84. The van der Waals surface area contributed by atoms with Crippen molar-refractivity contribution in [3.63, 3.8) is 0 Å². The van der Waals surface area contributed by atoms with Gasteiger partial charge in [-0.25, -0.2) is 0 Å². The van der Waals surface area contributed by atoms with Gasteiger partial charge in [0, 0.05) is 0 Å². The Balaban J connectivity index is 5.66. The van der Waals surface area contributed by atoms with Gasteiger partial charge in [0.2, 0.25) is 0 Å². The van der Waals surface area contributed by atoms with Crippen LogP contribution in [0.25, 0.3) is 0 Å². The Kier molecular flexibility index (Phi) is 8.15. The highest BCUT2D eigenvalue weighted by Gasteiger charge is 2.55. The minimum absolute atomic E-state index is 0.718. The van der Waals surface area contributed by atoms with E-state index in [9.17, 15) is 0 Å². The molecule has 21 heavy (non-hydrogen) atoms. The largest absolute Gasteiger partial charge is 0.464 e. The molecule has 7 heteroatoms. The van der Waals surface area contributed by atoms with Crippen LogP contribution in [0.3, 0.4) is 0 Å². The van der Waals surface area contributed by atoms with E-state index in [-0.39, 0.29) is 0 Å². The van der Waals surface area contributed by atoms with Gasteiger partial charge >= 0.3 is 8.32 Å². The molecule has 0 amide bonds. The van der Waals surface area contributed by atoms with Crippen LogP contribution in [-0.4, -0.2) is 28.5 Å². The normalized spacial score (nSPS) is 11.7. The zero-order valence-corrected chi connectivity index (χ0v) is 15.3. The van der Waals surface area contributed by atoms with Crippen LogP contribution in [-0.2, 0) is 23.1 Å². The van der Waals surface area contributed by atoms with Crippen molar-refractivity contribution in [2.75, 3.05) is 0 Å². The van der Waals surface area contributed by atoms with Crippen LogP contribution >= 0.6 is 0 Å². The van der Waals surface area contributed by atoms with Gasteiger partial charge in [-0.2, -0.15) is 0 Å². The summed E-state index contributed by atoms with van der Waals surface area (Å²) in [7, 11) is -4.77. The van der Waals surface area contributed by atoms with Gasteiger partial charge in [-0.3, -0.25) is 0 Å². The summed E-state index contributed by atoms with van der Waals surface area (Å²) in [6.45, 7) is 22.4. The van der Waals surface area contributed by atoms with Crippen LogP contribution in [0.5, 0.6) is 0 Å². The maximum absolute atomic E-state index is 6.35. The van der Waals surface area contributed by atoms with E-state index in [4.69, 9.17) is 23.1 Å². The summed E-state index contributed by atoms with van der Waals surface area (Å²) in [4.78, 5) is 0. The third-order valence-electron chi connectivity index (χ3n) is 2.34. The van der Waals surface area contributed by atoms with E-state index in [1.807, 2.05) is 6.55 Å². The van der Waals surface area contributed by atoms with Crippen molar-refractivity contribution < 1.29 is 23.1 Å². The van der Waals surface area contributed by atoms with Gasteiger partial charge < -0.3 is 23.1 Å². The quantitative estimate of drug-likeness (QED) is 0.309. The summed E-state index contributed by atoms with van der Waals surface area (Å²) >= 11 is 0. The standard InChI is InChI=1S/C14H26O5Si2/c1-9-15-13(16-10-2)21(8,19-20(5,6)7)14(17-11-3)18-12-4/h9-14H,1-4H2,5-8H3. The zero-order valence-electron chi connectivity index (χ0n) is 13.3. The third kappa shape index (κ3) is 6.24. The zero-order chi connectivity index (χ0) is 16.5. The maximum Gasteiger partial charge on any atom is 0.362 e. The molecule has 0 saturated heterocycles. The van der Waals surface area contributed by atoms with Gasteiger partial charge in [-0.15, -0.1) is 0 Å². The number of rotatable bonds is 12. The van der Waals surface area contributed by atoms with E-state index in [1.165, 1.54) is 25.0 Å². The Hall–Kier alpha value is -1.45. The van der Waals surface area contributed by atoms with Crippen molar-refractivity contribution in [3.8, 4) is 0 Å². The summed E-state index contributed by atoms with van der Waals surface area (Å²) in [6.07, 6.45) is 5.19. The Morgan fingerprint density at radius 1 is 0.667 bits per heavy atom. The highest BCUT2D eigenvalue weighted by Crippen LogP contribution is 2.27. The first-order chi connectivity index (χ1) is 9.75. The highest BCUT2D eigenvalue weighted by molar-refractivity contribution is 6.85. The fourth-order valence-corrected chi connectivity index (χ4v) is 9.56. The summed E-state index contributed by atoms with van der Waals surface area (Å²) in [5, 5.41) is 0. The molecule has 0 aromatic rings. The van der Waals surface area contributed by atoms with Crippen LogP contribution in [0.1, 0.15) is 0 Å². The van der Waals surface area contributed by atoms with Gasteiger partial charge in [-0.05, 0) is 26.2 Å². The number of hydrogen-bond acceptors (Lipinski definition) is 5. The maximum atomic E-state index is 6.35. The lowest BCUT2D eigenvalue weighted by Crippen LogP contribution is -2.63. The monoisotopic (exact) mass is 330 g/mol. The first-order valence-electron chi connectivity index (χ1n) is 6.50. The second-order valence-corrected chi connectivity index (χ2v) is 13.6. The molecule has 0 aromatic heterocycles. The van der Waals surface area contributed by atoms with Gasteiger partial charge in [-0.1, -0.05) is 26.3 Å². The first kappa shape index (κ1) is 19.6. The summed E-state index contributed by atoms with van der Waals surface area (Å²) in [5.41, 5.74) is 0. The minimum Gasteiger partial charge on any atom is -0.464 e. The Labute approximate surface area is 129 Å². The Morgan fingerprint density at radius 3 is 1.14 bits per heavy atom. The van der Waals surface area contributed by atoms with Crippen LogP contribution in [0.4, 0.5) is 0 Å². The van der Waals surface area contributed by atoms with E-state index in [2.05, 4.69) is 46.0 Å². The van der Waals surface area contributed by atoms with Crippen molar-refractivity contribution in [3.05, 3.63) is 51.4 Å². The second-order valence-electron chi connectivity index (χ2n) is 5.27. The molecule has 0 saturated carbocycles. The average Bonchev–Trinajstić information content (AvgIpc) is 2.36. The SMILES string of the molecule is C=COC(OC=C)[Si](C)(O[Si](C)(C)C)C(OC=C)OC=C. The van der Waals surface area contributed by atoms with E-state index in [0.29, 0.717) is 0 Å². The van der Waals surface area contributed by atoms with E-state index < -0.39 is 28.5 Å². The summed E-state index contributed by atoms with van der Waals surface area (Å²) < 4.78 is 28.2. The molecule has 120 valence electrons. The molecule has 0 aliphatic carbocycles. The molecular formula is C14H26O5Si2. The summed E-state index contributed by atoms with van der Waals surface area (Å²) in [6, 6.07) is 0. The molecule has 0 fully saturated rings. The van der Waals surface area contributed by atoms with E-state index in [0.717, 1.165) is 0 Å². The fourth-order valence-electron chi connectivity index (χ4n) is 1.82. The van der Waals surface area contributed by atoms with Crippen molar-refractivity contribution in [2.24, 2.45) is 0 Å². The summed E-state index contributed by atoms with van der Waals surface area (Å²) in [5.74, 6) is -1.44. The molecule has 0 N–H and O–H groups in total. The highest BCUT2D eigenvalue weighted by atomic mass is 28.4. The van der Waals surface area contributed by atoms with Crippen LogP contribution in [0.2, 0.25) is 26.2 Å². The van der Waals surface area contributed by atoms with Crippen LogP contribution in [0, 0.1) is 0 Å². The molecule has 0 unspecified atom stereocenters. The van der Waals surface area contributed by atoms with Crippen molar-refractivity contribution in [1.82, 2.24) is 0 Å². The van der Waals surface area contributed by atoms with Crippen LogP contribution < -0.4 is 0 Å². The van der Waals surface area contributed by atoms with Gasteiger partial charge in [0.25, 0.3) is 11.8 Å². The molecule has 0 aromatic carbocycles. The fraction of sp³-hybridized carbons (Fsp3) is 0.429. The lowest BCUT2D eigenvalue weighted by Gasteiger charge is -2.40. The average molecular weight is 331 g/mol. The predicted octanol–water partition coefficient (Wildman–Crippen LogP) is 3.78. The molecule has 0 bridgehead atoms. The third-order valence-corrected chi connectivity index (χ3v) is 8.97. The number of ether oxygens (including phenoxy) is 4. The molecule has 0 aliphatic rings. The molecule has 0 rings (SSSR count).